The van der Waals surface area contributed by atoms with Crippen LogP contribution in [0.15, 0.2) is 72.9 Å². The lowest BCUT2D eigenvalue weighted by Crippen LogP contribution is -2.21. The number of nitro benzene ring substituents is 1. The van der Waals surface area contributed by atoms with Crippen molar-refractivity contribution in [3.8, 4) is 5.75 Å². The Hall–Kier alpha value is -3.19. The number of allylic oxidation sites excluding steroid dienone is 8. The van der Waals surface area contributed by atoms with Gasteiger partial charge < -0.3 is 14.6 Å². The predicted octanol–water partition coefficient (Wildman–Crippen LogP) is 21.5. The summed E-state index contributed by atoms with van der Waals surface area (Å²) in [7, 11) is 0. The highest BCUT2D eigenvalue weighted by Crippen LogP contribution is 2.21. The van der Waals surface area contributed by atoms with Crippen molar-refractivity contribution in [2.24, 2.45) is 0 Å². The van der Waals surface area contributed by atoms with Crippen LogP contribution in [0.5, 0.6) is 5.75 Å². The number of hydrogen-bond donors (Lipinski definition) is 1. The van der Waals surface area contributed by atoms with Gasteiger partial charge in [-0.3, -0.25) is 10.1 Å². The number of unbranched alkanes of at least 4 members (excludes halogenated alkanes) is 30. The van der Waals surface area contributed by atoms with Gasteiger partial charge in [0.15, 0.2) is 0 Å². The van der Waals surface area contributed by atoms with E-state index in [1.807, 2.05) is 0 Å². The molecule has 0 heterocycles. The summed E-state index contributed by atoms with van der Waals surface area (Å²) in [5, 5.41) is 21.0. The summed E-state index contributed by atoms with van der Waals surface area (Å²) in [6.07, 6.45) is 69.2. The Labute approximate surface area is 432 Å². The maximum atomic E-state index is 12.4. The van der Waals surface area contributed by atoms with Crippen LogP contribution in [0, 0.1) is 10.1 Å². The average Bonchev–Trinajstić information content (AvgIpc) is 3.35. The zero-order chi connectivity index (χ0) is 51.1. The maximum absolute atomic E-state index is 12.4. The summed E-state index contributed by atoms with van der Waals surface area (Å²) in [5.41, 5.74) is -0.0420. The Morgan fingerprint density at radius 3 is 1.11 bits per heavy atom. The number of nitrogens with zero attached hydrogens (tertiary/aromatic N) is 1. The summed E-state index contributed by atoms with van der Waals surface area (Å²) in [4.78, 5) is 22.8. The molecular weight excluding hydrogens is 867 g/mol. The molecule has 1 rings (SSSR count). The van der Waals surface area contributed by atoms with Crippen LogP contribution in [-0.4, -0.2) is 28.4 Å². The van der Waals surface area contributed by atoms with Crippen LogP contribution < -0.4 is 4.74 Å². The van der Waals surface area contributed by atoms with Crippen LogP contribution in [0.2, 0.25) is 0 Å². The summed E-state index contributed by atoms with van der Waals surface area (Å²) in [6, 6.07) is 5.49. The zero-order valence-electron chi connectivity index (χ0n) is 46.2. The molecule has 0 bridgehead atoms. The topological polar surface area (TPSA) is 98.9 Å². The van der Waals surface area contributed by atoms with Crippen LogP contribution in [0.3, 0.4) is 0 Å². The van der Waals surface area contributed by atoms with Crippen LogP contribution in [0.25, 0.3) is 0 Å². The van der Waals surface area contributed by atoms with Gasteiger partial charge in [0.25, 0.3) is 5.69 Å². The first-order valence-electron chi connectivity index (χ1n) is 29.8. The minimum atomic E-state index is -0.731. The summed E-state index contributed by atoms with van der Waals surface area (Å²) >= 11 is 0. The number of rotatable bonds is 49. The number of nitro groups is 1. The van der Waals surface area contributed by atoms with Gasteiger partial charge in [0, 0.05) is 12.1 Å². The smallest absolute Gasteiger partial charge is 0.431 e. The predicted molar refractivity (Wildman–Crippen MR) is 303 cm³/mol. The van der Waals surface area contributed by atoms with E-state index in [9.17, 15) is 20.0 Å². The van der Waals surface area contributed by atoms with E-state index >= 15 is 0 Å². The lowest BCUT2D eigenvalue weighted by molar-refractivity contribution is -0.384. The Kier molecular flexibility index (Phi) is 52.6. The highest BCUT2D eigenvalue weighted by Gasteiger charge is 2.17. The van der Waals surface area contributed by atoms with E-state index in [-0.39, 0.29) is 23.6 Å². The van der Waals surface area contributed by atoms with E-state index in [4.69, 9.17) is 9.47 Å². The van der Waals surface area contributed by atoms with E-state index in [1.54, 1.807) is 0 Å². The average molecular weight is 979 g/mol. The molecule has 0 saturated carbocycles. The molecule has 2 unspecified atom stereocenters. The van der Waals surface area contributed by atoms with Gasteiger partial charge in [0.2, 0.25) is 0 Å². The second-order valence-electron chi connectivity index (χ2n) is 20.1. The molecule has 1 N–H and O–H groups in total. The number of aliphatic hydroxyl groups is 1. The van der Waals surface area contributed by atoms with Gasteiger partial charge in [-0.1, -0.05) is 243 Å². The largest absolute Gasteiger partial charge is 0.514 e. The van der Waals surface area contributed by atoms with Crippen molar-refractivity contribution in [2.75, 3.05) is 0 Å². The van der Waals surface area contributed by atoms with Crippen molar-refractivity contribution in [2.45, 2.75) is 310 Å². The van der Waals surface area contributed by atoms with E-state index in [0.29, 0.717) is 0 Å². The third-order valence-corrected chi connectivity index (χ3v) is 13.2. The Balaban J connectivity index is 0.00000145. The number of aliphatic hydroxyl groups excluding tert-OH is 1. The molecule has 0 spiro atoms. The Bertz CT molecular complexity index is 1370. The first kappa shape index (κ1) is 66.8. The van der Waals surface area contributed by atoms with Gasteiger partial charge in [0.1, 0.15) is 11.9 Å². The molecular formula is C63H111NO6. The lowest BCUT2D eigenvalue weighted by Gasteiger charge is -2.17. The first-order chi connectivity index (χ1) is 34.4. The molecule has 0 aliphatic rings. The van der Waals surface area contributed by atoms with Crippen molar-refractivity contribution in [3.05, 3.63) is 83.0 Å². The normalized spacial score (nSPS) is 12.6. The second-order valence-corrected chi connectivity index (χ2v) is 20.1. The summed E-state index contributed by atoms with van der Waals surface area (Å²) in [6.45, 7) is 9.01. The van der Waals surface area contributed by atoms with Gasteiger partial charge in [-0.2, -0.15) is 0 Å². The molecule has 0 radical (unpaired) electrons. The van der Waals surface area contributed by atoms with Crippen LogP contribution in [0.1, 0.15) is 297 Å². The maximum Gasteiger partial charge on any atom is 0.514 e. The highest BCUT2D eigenvalue weighted by molar-refractivity contribution is 5.64. The van der Waals surface area contributed by atoms with Crippen LogP contribution in [0.4, 0.5) is 10.5 Å². The fourth-order valence-electron chi connectivity index (χ4n) is 8.69. The molecule has 1 aromatic carbocycles. The minimum Gasteiger partial charge on any atom is -0.431 e. The summed E-state index contributed by atoms with van der Waals surface area (Å²) < 4.78 is 11.0. The third-order valence-electron chi connectivity index (χ3n) is 13.2. The third kappa shape index (κ3) is 49.8. The fourth-order valence-corrected chi connectivity index (χ4v) is 8.69. The number of ether oxygens (including phenoxy) is 2. The van der Waals surface area contributed by atoms with Crippen molar-refractivity contribution >= 4 is 11.8 Å². The van der Waals surface area contributed by atoms with Crippen molar-refractivity contribution in [3.63, 3.8) is 0 Å². The van der Waals surface area contributed by atoms with Crippen LogP contribution in [-0.2, 0) is 4.74 Å². The molecule has 7 heteroatoms. The molecule has 1 aromatic rings. The molecule has 0 saturated heterocycles. The van der Waals surface area contributed by atoms with E-state index in [0.717, 1.165) is 70.6 Å². The van der Waals surface area contributed by atoms with E-state index in [1.165, 1.54) is 223 Å². The molecule has 0 aliphatic carbocycles. The van der Waals surface area contributed by atoms with Gasteiger partial charge in [-0.15, -0.1) is 0 Å². The van der Waals surface area contributed by atoms with Gasteiger partial charge >= 0.3 is 6.16 Å². The number of carbonyl (C=O) groups excluding carboxylic acids is 1. The van der Waals surface area contributed by atoms with Crippen molar-refractivity contribution in [1.82, 2.24) is 0 Å². The number of benzene rings is 1. The Morgan fingerprint density at radius 2 is 0.757 bits per heavy atom. The SMILES string of the molecule is CCCCC/C=C\C/C=C\CCCCCCCC(CCCCCCCCCC)OC(=O)Oc1ccc([N+](=O)[O-])cc1.CCCCC/C=C\C/C=C\CCCCCCCC(O)CCCCCCCCCC. The molecule has 0 aromatic heterocycles. The molecule has 0 fully saturated rings. The summed E-state index contributed by atoms with van der Waals surface area (Å²) in [5.74, 6) is 0.253. The van der Waals surface area contributed by atoms with E-state index in [2.05, 4.69) is 76.3 Å². The molecule has 404 valence electrons. The zero-order valence-corrected chi connectivity index (χ0v) is 46.2. The number of non-ortho nitro benzene ring substituents is 1. The number of carbonyl (C=O) groups is 1. The van der Waals surface area contributed by atoms with E-state index < -0.39 is 11.1 Å². The quantitative estimate of drug-likeness (QED) is 0.0174. The molecule has 0 amide bonds. The number of hydrogen-bond acceptors (Lipinski definition) is 6. The molecule has 70 heavy (non-hydrogen) atoms. The van der Waals surface area contributed by atoms with Gasteiger partial charge in [0.05, 0.1) is 11.0 Å². The minimum absolute atomic E-state index is 0.0420. The highest BCUT2D eigenvalue weighted by atomic mass is 16.7. The fraction of sp³-hybridized carbons (Fsp3) is 0.762. The molecule has 2 atom stereocenters. The first-order valence-corrected chi connectivity index (χ1v) is 29.8. The molecule has 7 nitrogen and oxygen atoms in total. The molecule has 0 aliphatic heterocycles. The van der Waals surface area contributed by atoms with Gasteiger partial charge in [-0.25, -0.2) is 4.79 Å². The Morgan fingerprint density at radius 1 is 0.457 bits per heavy atom. The standard InChI is InChI=1S/C35H57NO5.C28H54O/c1-3-5-7-9-11-13-14-15-16-17-18-19-21-23-25-27-33(26-24-22-20-12-10-8-6-4-2)40-35(37)41-34-30-28-32(29-31-34)36(38)39;1-3-5-7-9-11-13-14-15-16-17-18-19-21-23-25-27-28(29)26-24-22-20-12-10-8-6-4-2/h11,13,15-16,28-31,33H,3-10,12,14,17-27H2,1-2H3;11,13,15-16,28-29H,3-10,12,14,17-27H2,1-2H3/b2*13-11-,16-15-. The monoisotopic (exact) mass is 978 g/mol. The van der Waals surface area contributed by atoms with Crippen LogP contribution >= 0.6 is 0 Å². The van der Waals surface area contributed by atoms with Crippen molar-refractivity contribution < 1.29 is 24.3 Å². The lowest BCUT2D eigenvalue weighted by atomic mass is 10.0. The van der Waals surface area contributed by atoms with Crippen molar-refractivity contribution in [1.29, 1.82) is 0 Å². The second kappa shape index (κ2) is 55.1. The van der Waals surface area contributed by atoms with Gasteiger partial charge in [-0.05, 0) is 115 Å².